The molecule has 0 heterocycles. The molecule has 2 rings (SSSR count). The van der Waals surface area contributed by atoms with Crippen molar-refractivity contribution in [3.05, 3.63) is 59.2 Å². The van der Waals surface area contributed by atoms with Crippen molar-refractivity contribution in [2.75, 3.05) is 0 Å². The molecule has 0 spiro atoms. The predicted molar refractivity (Wildman–Crippen MR) is 65.2 cm³/mol. The van der Waals surface area contributed by atoms with Gasteiger partial charge < -0.3 is 0 Å². The average Bonchev–Trinajstić information content (AvgIpc) is 2.28. The molecule has 2 aromatic carbocycles. The first-order valence-electron chi connectivity index (χ1n) is 5.54. The Morgan fingerprint density at radius 3 is 2.33 bits per heavy atom. The molecule has 0 unspecified atom stereocenters. The van der Waals surface area contributed by atoms with Gasteiger partial charge in [0.2, 0.25) is 0 Å². The van der Waals surface area contributed by atoms with Gasteiger partial charge in [0.05, 0.1) is 5.56 Å². The lowest BCUT2D eigenvalue weighted by molar-refractivity contribution is -0.137. The number of aryl methyl sites for hydroxylation is 2. The lowest BCUT2D eigenvalue weighted by Crippen LogP contribution is -2.05. The molecule has 2 aromatic rings. The van der Waals surface area contributed by atoms with Crippen molar-refractivity contribution in [1.29, 1.82) is 0 Å². The molecular weight excluding hydrogens is 237 g/mol. The highest BCUT2D eigenvalue weighted by atomic mass is 19.4. The third-order valence-corrected chi connectivity index (χ3v) is 2.81. The van der Waals surface area contributed by atoms with Crippen molar-refractivity contribution < 1.29 is 13.2 Å². The van der Waals surface area contributed by atoms with Crippen LogP contribution in [0.5, 0.6) is 0 Å². The molecule has 0 aliphatic heterocycles. The van der Waals surface area contributed by atoms with Crippen LogP contribution in [0.3, 0.4) is 0 Å². The van der Waals surface area contributed by atoms with Gasteiger partial charge in [-0.1, -0.05) is 29.8 Å². The molecule has 0 atom stereocenters. The molecule has 1 radical (unpaired) electrons. The van der Waals surface area contributed by atoms with Crippen molar-refractivity contribution in [3.63, 3.8) is 0 Å². The highest BCUT2D eigenvalue weighted by Crippen LogP contribution is 2.33. The van der Waals surface area contributed by atoms with E-state index in [9.17, 15) is 13.2 Å². The minimum Gasteiger partial charge on any atom is -0.166 e. The second kappa shape index (κ2) is 4.48. The fourth-order valence-electron chi connectivity index (χ4n) is 1.82. The van der Waals surface area contributed by atoms with Crippen LogP contribution in [0.2, 0.25) is 0 Å². The van der Waals surface area contributed by atoms with Crippen molar-refractivity contribution in [1.82, 2.24) is 0 Å². The van der Waals surface area contributed by atoms with Crippen molar-refractivity contribution >= 4 is 0 Å². The maximum atomic E-state index is 12.7. The van der Waals surface area contributed by atoms with Crippen LogP contribution in [-0.2, 0) is 6.18 Å². The fourth-order valence-corrected chi connectivity index (χ4v) is 1.82. The van der Waals surface area contributed by atoms with E-state index in [4.69, 9.17) is 0 Å². The first-order chi connectivity index (χ1) is 8.38. The maximum absolute atomic E-state index is 12.7. The standard InChI is InChI=1S/C15H12F3/c1-10-4-3-5-12(8-10)14-9-13(15(16,17)18)7-6-11(14)2/h3-4,6-9H,1-2H3. The smallest absolute Gasteiger partial charge is 0.166 e. The predicted octanol–water partition coefficient (Wildman–Crippen LogP) is 4.79. The normalized spacial score (nSPS) is 11.6. The van der Waals surface area contributed by atoms with E-state index >= 15 is 0 Å². The molecule has 0 aromatic heterocycles. The van der Waals surface area contributed by atoms with E-state index in [-0.39, 0.29) is 0 Å². The number of rotatable bonds is 1. The van der Waals surface area contributed by atoms with Crippen LogP contribution in [0, 0.1) is 19.9 Å². The summed E-state index contributed by atoms with van der Waals surface area (Å²) in [6, 6.07) is 12.2. The lowest BCUT2D eigenvalue weighted by atomic mass is 9.97. The summed E-state index contributed by atoms with van der Waals surface area (Å²) >= 11 is 0. The van der Waals surface area contributed by atoms with Gasteiger partial charge in [0.25, 0.3) is 0 Å². The van der Waals surface area contributed by atoms with Crippen LogP contribution in [0.25, 0.3) is 11.1 Å². The minimum atomic E-state index is -4.31. The summed E-state index contributed by atoms with van der Waals surface area (Å²) < 4.78 is 38.1. The van der Waals surface area contributed by atoms with Gasteiger partial charge in [0, 0.05) is 0 Å². The Morgan fingerprint density at radius 1 is 1.00 bits per heavy atom. The molecule has 0 amide bonds. The molecule has 93 valence electrons. The minimum absolute atomic E-state index is 0.577. The average molecular weight is 249 g/mol. The quantitative estimate of drug-likeness (QED) is 0.681. The van der Waals surface area contributed by atoms with Gasteiger partial charge in [-0.3, -0.25) is 0 Å². The number of halogens is 3. The van der Waals surface area contributed by atoms with E-state index in [2.05, 4.69) is 6.07 Å². The first-order valence-corrected chi connectivity index (χ1v) is 5.54. The van der Waals surface area contributed by atoms with Crippen molar-refractivity contribution in [2.24, 2.45) is 0 Å². The third kappa shape index (κ3) is 2.55. The second-order valence-corrected chi connectivity index (χ2v) is 4.31. The van der Waals surface area contributed by atoms with E-state index in [1.807, 2.05) is 19.1 Å². The molecule has 3 heteroatoms. The van der Waals surface area contributed by atoms with E-state index in [0.29, 0.717) is 11.1 Å². The zero-order valence-electron chi connectivity index (χ0n) is 10.1. The Hall–Kier alpha value is -1.77. The topological polar surface area (TPSA) is 0 Å². The highest BCUT2D eigenvalue weighted by molar-refractivity contribution is 5.68. The molecule has 0 fully saturated rings. The fraction of sp³-hybridized carbons (Fsp3) is 0.200. The molecule has 0 saturated heterocycles. The summed E-state index contributed by atoms with van der Waals surface area (Å²) in [4.78, 5) is 0. The highest BCUT2D eigenvalue weighted by Gasteiger charge is 2.30. The van der Waals surface area contributed by atoms with E-state index in [0.717, 1.165) is 17.2 Å². The van der Waals surface area contributed by atoms with Crippen LogP contribution < -0.4 is 0 Å². The monoisotopic (exact) mass is 249 g/mol. The Bertz CT molecular complexity index is 568. The molecule has 0 aliphatic rings. The SMILES string of the molecule is Cc1cc[c]c(-c2cc(C(F)(F)F)ccc2C)c1. The zero-order chi connectivity index (χ0) is 13.3. The Balaban J connectivity index is 2.57. The van der Waals surface area contributed by atoms with Gasteiger partial charge in [-0.2, -0.15) is 13.2 Å². The summed E-state index contributed by atoms with van der Waals surface area (Å²) in [6.07, 6.45) is -4.31. The van der Waals surface area contributed by atoms with Crippen LogP contribution in [0.1, 0.15) is 16.7 Å². The van der Waals surface area contributed by atoms with Gasteiger partial charge >= 0.3 is 6.18 Å². The molecule has 0 bridgehead atoms. The summed E-state index contributed by atoms with van der Waals surface area (Å²) in [6.45, 7) is 3.70. The Kier molecular flexibility index (Phi) is 3.16. The lowest BCUT2D eigenvalue weighted by Gasteiger charge is -2.11. The molecular formula is C15H12F3. The number of hydrogen-bond donors (Lipinski definition) is 0. The summed E-state index contributed by atoms with van der Waals surface area (Å²) in [5.74, 6) is 0. The number of benzene rings is 2. The summed E-state index contributed by atoms with van der Waals surface area (Å²) in [5.41, 5.74) is 2.45. The molecule has 18 heavy (non-hydrogen) atoms. The van der Waals surface area contributed by atoms with E-state index in [1.165, 1.54) is 12.1 Å². The van der Waals surface area contributed by atoms with Gasteiger partial charge in [-0.15, -0.1) is 0 Å². The third-order valence-electron chi connectivity index (χ3n) is 2.81. The zero-order valence-corrected chi connectivity index (χ0v) is 10.1. The van der Waals surface area contributed by atoms with Crippen LogP contribution in [-0.4, -0.2) is 0 Å². The van der Waals surface area contributed by atoms with Crippen LogP contribution in [0.4, 0.5) is 13.2 Å². The first kappa shape index (κ1) is 12.7. The van der Waals surface area contributed by atoms with Crippen molar-refractivity contribution in [2.45, 2.75) is 20.0 Å². The van der Waals surface area contributed by atoms with E-state index in [1.54, 1.807) is 13.0 Å². The van der Waals surface area contributed by atoms with Crippen LogP contribution >= 0.6 is 0 Å². The van der Waals surface area contributed by atoms with Gasteiger partial charge in [-0.05, 0) is 48.7 Å². The number of hydrogen-bond acceptors (Lipinski definition) is 0. The molecule has 0 saturated carbocycles. The Labute approximate surface area is 104 Å². The van der Waals surface area contributed by atoms with Gasteiger partial charge in [-0.25, -0.2) is 0 Å². The summed E-state index contributed by atoms with van der Waals surface area (Å²) in [7, 11) is 0. The molecule has 0 aliphatic carbocycles. The summed E-state index contributed by atoms with van der Waals surface area (Å²) in [5, 5.41) is 0. The molecule has 0 N–H and O–H groups in total. The van der Waals surface area contributed by atoms with Crippen molar-refractivity contribution in [3.8, 4) is 11.1 Å². The maximum Gasteiger partial charge on any atom is 0.416 e. The van der Waals surface area contributed by atoms with E-state index < -0.39 is 11.7 Å². The second-order valence-electron chi connectivity index (χ2n) is 4.31. The molecule has 0 nitrogen and oxygen atoms in total. The van der Waals surface area contributed by atoms with Gasteiger partial charge in [0.1, 0.15) is 0 Å². The number of alkyl halides is 3. The largest absolute Gasteiger partial charge is 0.416 e. The van der Waals surface area contributed by atoms with Crippen LogP contribution in [0.15, 0.2) is 36.4 Å². The van der Waals surface area contributed by atoms with Gasteiger partial charge in [0.15, 0.2) is 0 Å². The Morgan fingerprint density at radius 2 is 1.72 bits per heavy atom.